The summed E-state index contributed by atoms with van der Waals surface area (Å²) >= 11 is 0. The first-order valence-electron chi connectivity index (χ1n) is 14.7. The van der Waals surface area contributed by atoms with Gasteiger partial charge >= 0.3 is 18.1 Å². The summed E-state index contributed by atoms with van der Waals surface area (Å²) in [4.78, 5) is 36.6. The lowest BCUT2D eigenvalue weighted by Gasteiger charge is -2.31. The number of nitro groups is 1. The maximum absolute atomic E-state index is 14.0. The monoisotopic (exact) mass is 696 g/mol. The van der Waals surface area contributed by atoms with Gasteiger partial charge in [0.2, 0.25) is 0 Å². The second kappa shape index (κ2) is 18.6. The minimum Gasteiger partial charge on any atom is -0.489 e. The summed E-state index contributed by atoms with van der Waals surface area (Å²) in [5, 5.41) is 35.8. The Balaban J connectivity index is 0.00000800. The van der Waals surface area contributed by atoms with Crippen LogP contribution < -0.4 is 15.4 Å². The molecule has 0 spiro atoms. The number of esters is 2. The molecule has 0 amide bonds. The fraction of sp³-hybridized carbons (Fsp3) is 0.406. The van der Waals surface area contributed by atoms with Crippen molar-refractivity contribution in [2.75, 3.05) is 33.4 Å². The minimum absolute atomic E-state index is 0. The molecule has 2 aromatic carbocycles. The van der Waals surface area contributed by atoms with Gasteiger partial charge in [0.05, 0.1) is 41.3 Å². The molecule has 0 fully saturated rings. The van der Waals surface area contributed by atoms with Crippen molar-refractivity contribution in [1.82, 2.24) is 10.6 Å². The van der Waals surface area contributed by atoms with Gasteiger partial charge < -0.3 is 30.0 Å². The molecule has 0 bridgehead atoms. The number of unbranched alkanes of at least 4 members (excludes halogenated alkanes) is 3. The molecular formula is C32H36ClF3N4O8. The van der Waals surface area contributed by atoms with Gasteiger partial charge in [-0.1, -0.05) is 37.1 Å². The number of nitrogens with zero attached hydrogens (tertiary/aromatic N) is 2. The fourth-order valence-electron chi connectivity index (χ4n) is 4.95. The molecule has 2 unspecified atom stereocenters. The molecule has 1 heterocycles. The van der Waals surface area contributed by atoms with E-state index in [1.54, 1.807) is 24.3 Å². The van der Waals surface area contributed by atoms with E-state index >= 15 is 0 Å². The molecule has 260 valence electrons. The third kappa shape index (κ3) is 10.7. The number of nitrogens with one attached hydrogen (secondary N) is 2. The predicted molar refractivity (Wildman–Crippen MR) is 169 cm³/mol. The van der Waals surface area contributed by atoms with Gasteiger partial charge in [-0.2, -0.15) is 18.4 Å². The van der Waals surface area contributed by atoms with Crippen LogP contribution >= 0.6 is 12.4 Å². The van der Waals surface area contributed by atoms with Gasteiger partial charge in [0.1, 0.15) is 30.2 Å². The first-order valence-corrected chi connectivity index (χ1v) is 14.7. The number of carbonyl (C=O) groups is 2. The average molecular weight is 697 g/mol. The van der Waals surface area contributed by atoms with Crippen LogP contribution in [0.1, 0.15) is 49.7 Å². The number of ether oxygens (including phenoxy) is 3. The van der Waals surface area contributed by atoms with Gasteiger partial charge in [-0.3, -0.25) is 10.1 Å². The van der Waals surface area contributed by atoms with Crippen molar-refractivity contribution >= 4 is 30.0 Å². The van der Waals surface area contributed by atoms with Gasteiger partial charge in [0, 0.05) is 24.4 Å². The fourth-order valence-corrected chi connectivity index (χ4v) is 4.95. The molecule has 0 saturated carbocycles. The number of dihydropyridines is 1. The minimum atomic E-state index is -5.04. The first kappa shape index (κ1) is 39.5. The highest BCUT2D eigenvalue weighted by atomic mass is 35.5. The standard InChI is InChI=1S/C32H35F3N4O8.ClH/c1-20-26(27(21-11-9-12-23(16-21)39(43)44)28(30(41)45-2)29(38-20)32(33,34)35)31(42)46-15-8-4-3-7-14-37-18-24(40)19-47-25-13-6-5-10-22(25)17-36;/h5-6,9-13,16,24,27,37-38,40H,3-4,7-8,14-15,18-19H2,1-2H3;1H. The van der Waals surface area contributed by atoms with Crippen LogP contribution in [0.2, 0.25) is 0 Å². The summed E-state index contributed by atoms with van der Waals surface area (Å²) in [6.07, 6.45) is -3.24. The average Bonchev–Trinajstić information content (AvgIpc) is 3.05. The molecule has 48 heavy (non-hydrogen) atoms. The Bertz CT molecular complexity index is 1560. The molecule has 2 aromatic rings. The van der Waals surface area contributed by atoms with Gasteiger partial charge in [-0.25, -0.2) is 9.59 Å². The van der Waals surface area contributed by atoms with Crippen LogP contribution in [0.15, 0.2) is 71.1 Å². The number of hydrogen-bond donors (Lipinski definition) is 3. The van der Waals surface area contributed by atoms with E-state index < -0.39 is 52.0 Å². The summed E-state index contributed by atoms with van der Waals surface area (Å²) in [7, 11) is 0.890. The number of nitro benzene ring substituents is 1. The van der Waals surface area contributed by atoms with E-state index in [9.17, 15) is 38.0 Å². The van der Waals surface area contributed by atoms with Crippen molar-refractivity contribution in [3.8, 4) is 11.8 Å². The maximum Gasteiger partial charge on any atom is 0.431 e. The van der Waals surface area contributed by atoms with Gasteiger partial charge in [-0.05, 0) is 44.0 Å². The molecule has 3 rings (SSSR count). The zero-order chi connectivity index (χ0) is 34.6. The number of benzene rings is 2. The van der Waals surface area contributed by atoms with E-state index in [0.717, 1.165) is 32.1 Å². The molecular weight excluding hydrogens is 661 g/mol. The van der Waals surface area contributed by atoms with Crippen molar-refractivity contribution in [1.29, 1.82) is 5.26 Å². The Morgan fingerprint density at radius 3 is 2.48 bits per heavy atom. The molecule has 1 aliphatic rings. The van der Waals surface area contributed by atoms with E-state index in [-0.39, 0.29) is 49.0 Å². The number of alkyl halides is 3. The highest BCUT2D eigenvalue weighted by molar-refractivity contribution is 6.00. The topological polar surface area (TPSA) is 173 Å². The largest absolute Gasteiger partial charge is 0.489 e. The predicted octanol–water partition coefficient (Wildman–Crippen LogP) is 4.97. The summed E-state index contributed by atoms with van der Waals surface area (Å²) in [5.41, 5.74) is -3.04. The third-order valence-corrected chi connectivity index (χ3v) is 7.19. The summed E-state index contributed by atoms with van der Waals surface area (Å²) in [5.74, 6) is -3.60. The molecule has 3 N–H and O–H groups in total. The Hall–Kier alpha value is -4.65. The van der Waals surface area contributed by atoms with Crippen LogP contribution in [0, 0.1) is 21.4 Å². The van der Waals surface area contributed by atoms with Gasteiger partial charge in [0.15, 0.2) is 0 Å². The molecule has 0 aromatic heterocycles. The third-order valence-electron chi connectivity index (χ3n) is 7.19. The number of allylic oxidation sites excluding steroid dienone is 2. The van der Waals surface area contributed by atoms with Crippen molar-refractivity contribution in [3.05, 3.63) is 92.3 Å². The number of aliphatic hydroxyl groups is 1. The summed E-state index contributed by atoms with van der Waals surface area (Å²) in [6, 6.07) is 13.4. The second-order valence-electron chi connectivity index (χ2n) is 10.6. The molecule has 2 atom stereocenters. The lowest BCUT2D eigenvalue weighted by Crippen LogP contribution is -2.38. The van der Waals surface area contributed by atoms with E-state index in [1.807, 2.05) is 6.07 Å². The Labute approximate surface area is 281 Å². The number of rotatable bonds is 16. The highest BCUT2D eigenvalue weighted by Crippen LogP contribution is 2.44. The molecule has 0 radical (unpaired) electrons. The van der Waals surface area contributed by atoms with Crippen molar-refractivity contribution < 1.29 is 47.0 Å². The normalized spacial score (nSPS) is 15.1. The van der Waals surface area contributed by atoms with E-state index in [4.69, 9.17) is 14.7 Å². The zero-order valence-electron chi connectivity index (χ0n) is 26.2. The number of para-hydroxylation sites is 1. The SMILES string of the molecule is COC(=O)C1=C(C(F)(F)F)NC(C)=C(C(=O)OCCCCCCNCC(O)COc2ccccc2C#N)C1c1cccc([N+](=O)[O-])c1.Cl. The Kier molecular flexibility index (Phi) is 15.3. The molecule has 16 heteroatoms. The number of nitriles is 1. The lowest BCUT2D eigenvalue weighted by atomic mass is 9.80. The second-order valence-corrected chi connectivity index (χ2v) is 10.6. The highest BCUT2D eigenvalue weighted by Gasteiger charge is 2.47. The van der Waals surface area contributed by atoms with Crippen molar-refractivity contribution in [2.45, 2.75) is 50.8 Å². The van der Waals surface area contributed by atoms with E-state index in [1.165, 1.54) is 19.1 Å². The molecule has 0 aliphatic carbocycles. The lowest BCUT2D eigenvalue weighted by molar-refractivity contribution is -0.384. The number of halogens is 4. The summed E-state index contributed by atoms with van der Waals surface area (Å²) < 4.78 is 57.7. The quantitative estimate of drug-likeness (QED) is 0.0936. The zero-order valence-corrected chi connectivity index (χ0v) is 27.0. The number of aliphatic hydroxyl groups excluding tert-OH is 1. The van der Waals surface area contributed by atoms with Crippen LogP contribution in [0.4, 0.5) is 18.9 Å². The van der Waals surface area contributed by atoms with Gasteiger partial charge in [-0.15, -0.1) is 12.4 Å². The molecule has 0 saturated heterocycles. The Morgan fingerprint density at radius 2 is 1.81 bits per heavy atom. The van der Waals surface area contributed by atoms with Crippen molar-refractivity contribution in [3.63, 3.8) is 0 Å². The smallest absolute Gasteiger partial charge is 0.431 e. The van der Waals surface area contributed by atoms with Crippen molar-refractivity contribution in [2.24, 2.45) is 0 Å². The van der Waals surface area contributed by atoms with Crippen LogP contribution in [0.5, 0.6) is 5.75 Å². The Morgan fingerprint density at radius 1 is 1.10 bits per heavy atom. The maximum atomic E-state index is 14.0. The van der Waals surface area contributed by atoms with Crippen LogP contribution in [0.25, 0.3) is 0 Å². The van der Waals surface area contributed by atoms with Crippen LogP contribution in [-0.2, 0) is 19.1 Å². The molecule has 12 nitrogen and oxygen atoms in total. The molecule has 1 aliphatic heterocycles. The van der Waals surface area contributed by atoms with Crippen LogP contribution in [0.3, 0.4) is 0 Å². The number of methoxy groups -OCH3 is 1. The van der Waals surface area contributed by atoms with Crippen LogP contribution in [-0.4, -0.2) is 67.7 Å². The van der Waals surface area contributed by atoms with E-state index in [2.05, 4.69) is 15.4 Å². The number of non-ortho nitro benzene ring substituents is 1. The van der Waals surface area contributed by atoms with E-state index in [0.29, 0.717) is 30.7 Å². The number of hydrogen-bond acceptors (Lipinski definition) is 11. The first-order chi connectivity index (χ1) is 22.4. The number of carbonyl (C=O) groups excluding carboxylic acids is 2. The summed E-state index contributed by atoms with van der Waals surface area (Å²) in [6.45, 7) is 2.05. The van der Waals surface area contributed by atoms with Gasteiger partial charge in [0.25, 0.3) is 5.69 Å².